The second-order valence-corrected chi connectivity index (χ2v) is 3.22. The zero-order valence-electron chi connectivity index (χ0n) is 7.58. The third-order valence-electron chi connectivity index (χ3n) is 1.88. The number of hydrogen-bond donors (Lipinski definition) is 1. The number of nitrogens with two attached hydrogens (primary N) is 1. The third kappa shape index (κ3) is 2.06. The van der Waals surface area contributed by atoms with Gasteiger partial charge in [-0.1, -0.05) is 30.3 Å². The van der Waals surface area contributed by atoms with Crippen molar-refractivity contribution in [3.8, 4) is 0 Å². The summed E-state index contributed by atoms with van der Waals surface area (Å²) in [6.07, 6.45) is 0. The molecule has 0 heterocycles. The Morgan fingerprint density at radius 1 is 1.33 bits per heavy atom. The number of benzene rings is 1. The molecular formula is C10H15NO. The molecule has 0 radical (unpaired) electrons. The van der Waals surface area contributed by atoms with Crippen molar-refractivity contribution in [1.29, 1.82) is 0 Å². The van der Waals surface area contributed by atoms with E-state index in [9.17, 15) is 0 Å². The van der Waals surface area contributed by atoms with Crippen molar-refractivity contribution in [3.63, 3.8) is 0 Å². The molecule has 2 nitrogen and oxygen atoms in total. The van der Waals surface area contributed by atoms with Crippen LogP contribution in [0.25, 0.3) is 0 Å². The Hall–Kier alpha value is -0.860. The van der Waals surface area contributed by atoms with Gasteiger partial charge in [0.2, 0.25) is 0 Å². The van der Waals surface area contributed by atoms with Gasteiger partial charge in [0.05, 0.1) is 12.1 Å². The normalized spacial score (nSPS) is 15.6. The molecule has 0 aliphatic heterocycles. The van der Waals surface area contributed by atoms with E-state index in [1.807, 2.05) is 37.3 Å². The maximum absolute atomic E-state index is 6.02. The van der Waals surface area contributed by atoms with Crippen LogP contribution in [-0.2, 0) is 10.3 Å². The lowest BCUT2D eigenvalue weighted by atomic mass is 9.94. The first-order valence-electron chi connectivity index (χ1n) is 4.00. The molecule has 0 fully saturated rings. The first-order valence-corrected chi connectivity index (χ1v) is 4.00. The molecule has 1 atom stereocenters. The predicted molar refractivity (Wildman–Crippen MR) is 49.9 cm³/mol. The molecule has 0 bridgehead atoms. The number of methoxy groups -OCH3 is 1. The monoisotopic (exact) mass is 165 g/mol. The van der Waals surface area contributed by atoms with Crippen molar-refractivity contribution in [3.05, 3.63) is 35.9 Å². The molecule has 66 valence electrons. The SMILES string of the molecule is COC[C@@](C)(N)c1ccccc1. The lowest BCUT2D eigenvalue weighted by molar-refractivity contribution is 0.141. The van der Waals surface area contributed by atoms with E-state index in [-0.39, 0.29) is 5.54 Å². The lowest BCUT2D eigenvalue weighted by Crippen LogP contribution is -2.37. The molecule has 2 heteroatoms. The highest BCUT2D eigenvalue weighted by Gasteiger charge is 2.19. The average molecular weight is 165 g/mol. The Morgan fingerprint density at radius 3 is 2.42 bits per heavy atom. The molecule has 0 aromatic heterocycles. The molecule has 0 aliphatic carbocycles. The molecule has 1 aromatic carbocycles. The predicted octanol–water partition coefficient (Wildman–Crippen LogP) is 1.51. The maximum atomic E-state index is 6.02. The fourth-order valence-corrected chi connectivity index (χ4v) is 1.20. The van der Waals surface area contributed by atoms with Crippen LogP contribution in [0.5, 0.6) is 0 Å². The van der Waals surface area contributed by atoms with Gasteiger partial charge in [0, 0.05) is 7.11 Å². The van der Waals surface area contributed by atoms with Crippen LogP contribution in [0.1, 0.15) is 12.5 Å². The molecule has 0 amide bonds. The van der Waals surface area contributed by atoms with Gasteiger partial charge < -0.3 is 10.5 Å². The molecule has 0 aliphatic rings. The number of ether oxygens (including phenoxy) is 1. The Bertz CT molecular complexity index is 231. The van der Waals surface area contributed by atoms with Gasteiger partial charge in [0.25, 0.3) is 0 Å². The van der Waals surface area contributed by atoms with Gasteiger partial charge >= 0.3 is 0 Å². The van der Waals surface area contributed by atoms with E-state index in [0.717, 1.165) is 5.56 Å². The molecule has 1 rings (SSSR count). The summed E-state index contributed by atoms with van der Waals surface area (Å²) >= 11 is 0. The molecule has 0 saturated heterocycles. The van der Waals surface area contributed by atoms with Crippen LogP contribution in [0.15, 0.2) is 30.3 Å². The molecule has 1 aromatic rings. The summed E-state index contributed by atoms with van der Waals surface area (Å²) in [6.45, 7) is 2.50. The second kappa shape index (κ2) is 3.70. The summed E-state index contributed by atoms with van der Waals surface area (Å²) in [4.78, 5) is 0. The molecule has 0 unspecified atom stereocenters. The number of rotatable bonds is 3. The van der Waals surface area contributed by atoms with E-state index in [1.54, 1.807) is 7.11 Å². The third-order valence-corrected chi connectivity index (χ3v) is 1.88. The van der Waals surface area contributed by atoms with Crippen LogP contribution in [0.2, 0.25) is 0 Å². The van der Waals surface area contributed by atoms with Crippen LogP contribution in [0, 0.1) is 0 Å². The topological polar surface area (TPSA) is 35.2 Å². The molecular weight excluding hydrogens is 150 g/mol. The van der Waals surface area contributed by atoms with E-state index < -0.39 is 0 Å². The van der Waals surface area contributed by atoms with E-state index in [0.29, 0.717) is 6.61 Å². The van der Waals surface area contributed by atoms with Gasteiger partial charge in [-0.3, -0.25) is 0 Å². The maximum Gasteiger partial charge on any atom is 0.0681 e. The van der Waals surface area contributed by atoms with E-state index in [1.165, 1.54) is 0 Å². The smallest absolute Gasteiger partial charge is 0.0681 e. The summed E-state index contributed by atoms with van der Waals surface area (Å²) < 4.78 is 5.04. The molecule has 2 N–H and O–H groups in total. The Balaban J connectivity index is 2.82. The van der Waals surface area contributed by atoms with Gasteiger partial charge in [-0.25, -0.2) is 0 Å². The van der Waals surface area contributed by atoms with Crippen LogP contribution in [-0.4, -0.2) is 13.7 Å². The summed E-state index contributed by atoms with van der Waals surface area (Å²) in [6, 6.07) is 9.97. The summed E-state index contributed by atoms with van der Waals surface area (Å²) in [5.74, 6) is 0. The van der Waals surface area contributed by atoms with E-state index in [4.69, 9.17) is 10.5 Å². The van der Waals surface area contributed by atoms with Crippen LogP contribution in [0.3, 0.4) is 0 Å². The van der Waals surface area contributed by atoms with E-state index in [2.05, 4.69) is 0 Å². The fraction of sp³-hybridized carbons (Fsp3) is 0.400. The summed E-state index contributed by atoms with van der Waals surface area (Å²) in [5, 5.41) is 0. The highest BCUT2D eigenvalue weighted by atomic mass is 16.5. The zero-order chi connectivity index (χ0) is 9.03. The van der Waals surface area contributed by atoms with Gasteiger partial charge in [-0.05, 0) is 12.5 Å². The van der Waals surface area contributed by atoms with Gasteiger partial charge in [0.1, 0.15) is 0 Å². The van der Waals surface area contributed by atoms with Crippen molar-refractivity contribution in [2.24, 2.45) is 5.73 Å². The Kier molecular flexibility index (Phi) is 2.84. The largest absolute Gasteiger partial charge is 0.382 e. The minimum atomic E-state index is -0.379. The van der Waals surface area contributed by atoms with Crippen molar-refractivity contribution >= 4 is 0 Å². The first kappa shape index (κ1) is 9.23. The molecule has 12 heavy (non-hydrogen) atoms. The average Bonchev–Trinajstić information content (AvgIpc) is 2.06. The zero-order valence-corrected chi connectivity index (χ0v) is 7.58. The van der Waals surface area contributed by atoms with E-state index >= 15 is 0 Å². The minimum Gasteiger partial charge on any atom is -0.382 e. The Morgan fingerprint density at radius 2 is 1.92 bits per heavy atom. The first-order chi connectivity index (χ1) is 5.67. The van der Waals surface area contributed by atoms with Crippen LogP contribution < -0.4 is 5.73 Å². The fourth-order valence-electron chi connectivity index (χ4n) is 1.20. The van der Waals surface area contributed by atoms with Crippen molar-refractivity contribution in [1.82, 2.24) is 0 Å². The molecule has 0 spiro atoms. The van der Waals surface area contributed by atoms with Crippen LogP contribution >= 0.6 is 0 Å². The Labute approximate surface area is 73.3 Å². The van der Waals surface area contributed by atoms with Crippen molar-refractivity contribution < 1.29 is 4.74 Å². The van der Waals surface area contributed by atoms with Gasteiger partial charge in [-0.2, -0.15) is 0 Å². The summed E-state index contributed by atoms with van der Waals surface area (Å²) in [7, 11) is 1.66. The molecule has 0 saturated carbocycles. The van der Waals surface area contributed by atoms with Crippen molar-refractivity contribution in [2.75, 3.05) is 13.7 Å². The number of hydrogen-bond acceptors (Lipinski definition) is 2. The lowest BCUT2D eigenvalue weighted by Gasteiger charge is -2.23. The van der Waals surface area contributed by atoms with Crippen LogP contribution in [0.4, 0.5) is 0 Å². The second-order valence-electron chi connectivity index (χ2n) is 3.22. The summed E-state index contributed by atoms with van der Waals surface area (Å²) in [5.41, 5.74) is 6.75. The van der Waals surface area contributed by atoms with Crippen molar-refractivity contribution in [2.45, 2.75) is 12.5 Å². The quantitative estimate of drug-likeness (QED) is 0.736. The highest BCUT2D eigenvalue weighted by molar-refractivity contribution is 5.22. The van der Waals surface area contributed by atoms with Gasteiger partial charge in [-0.15, -0.1) is 0 Å². The minimum absolute atomic E-state index is 0.379. The van der Waals surface area contributed by atoms with Gasteiger partial charge in [0.15, 0.2) is 0 Å². The highest BCUT2D eigenvalue weighted by Crippen LogP contribution is 2.16. The standard InChI is InChI=1S/C10H15NO/c1-10(11,8-12-2)9-6-4-3-5-7-9/h3-7H,8,11H2,1-2H3/t10-/m1/s1.